The summed E-state index contributed by atoms with van der Waals surface area (Å²) in [5.41, 5.74) is 6.94. The molecule has 1 aliphatic rings. The van der Waals surface area contributed by atoms with Crippen molar-refractivity contribution < 1.29 is 14.3 Å². The van der Waals surface area contributed by atoms with Crippen LogP contribution in [-0.4, -0.2) is 17.7 Å². The van der Waals surface area contributed by atoms with Crippen LogP contribution in [-0.2, 0) is 11.4 Å². The molecule has 5 nitrogen and oxygen atoms in total. The first-order chi connectivity index (χ1) is 19.8. The number of aryl methyl sites for hydroxylation is 3. The average molecular weight is 628 g/mol. The van der Waals surface area contributed by atoms with Crippen LogP contribution in [0.15, 0.2) is 99.3 Å². The summed E-state index contributed by atoms with van der Waals surface area (Å²) >= 11 is 5.03. The maximum absolute atomic E-state index is 13.8. The predicted octanol–water partition coefficient (Wildman–Crippen LogP) is 9.16. The summed E-state index contributed by atoms with van der Waals surface area (Å²) in [6, 6.07) is 28.0. The highest BCUT2D eigenvalue weighted by atomic mass is 79.9. The lowest BCUT2D eigenvalue weighted by Crippen LogP contribution is -2.28. The summed E-state index contributed by atoms with van der Waals surface area (Å²) in [6.07, 6.45) is 1.88. The van der Waals surface area contributed by atoms with Crippen LogP contribution < -0.4 is 14.4 Å². The van der Waals surface area contributed by atoms with E-state index < -0.39 is 0 Å². The van der Waals surface area contributed by atoms with Gasteiger partial charge in [-0.3, -0.25) is 9.69 Å². The molecule has 1 aliphatic heterocycles. The van der Waals surface area contributed by atoms with Crippen molar-refractivity contribution >= 4 is 56.2 Å². The van der Waals surface area contributed by atoms with Gasteiger partial charge in [0.2, 0.25) is 0 Å². The van der Waals surface area contributed by atoms with Gasteiger partial charge < -0.3 is 9.47 Å². The van der Waals surface area contributed by atoms with Crippen LogP contribution in [0.25, 0.3) is 6.08 Å². The van der Waals surface area contributed by atoms with Crippen molar-refractivity contribution in [2.45, 2.75) is 34.3 Å². The Morgan fingerprint density at radius 3 is 2.10 bits per heavy atom. The van der Waals surface area contributed by atoms with Gasteiger partial charge in [-0.2, -0.15) is 0 Å². The number of halogens is 1. The molecule has 0 bridgehead atoms. The second-order valence-electron chi connectivity index (χ2n) is 9.85. The molecule has 0 N–H and O–H groups in total. The number of aliphatic imine (C=N–C) groups is 1. The van der Waals surface area contributed by atoms with Gasteiger partial charge in [-0.15, -0.1) is 0 Å². The third kappa shape index (κ3) is 6.92. The number of ether oxygens (including phenoxy) is 2. The monoisotopic (exact) mass is 626 g/mol. The average Bonchev–Trinajstić information content (AvgIpc) is 3.25. The van der Waals surface area contributed by atoms with Crippen molar-refractivity contribution in [2.75, 3.05) is 11.5 Å². The Kier molecular flexibility index (Phi) is 8.96. The lowest BCUT2D eigenvalue weighted by Gasteiger charge is -2.16. The largest absolute Gasteiger partial charge is 0.490 e. The molecule has 41 heavy (non-hydrogen) atoms. The predicted molar refractivity (Wildman–Crippen MR) is 173 cm³/mol. The quantitative estimate of drug-likeness (QED) is 0.183. The molecule has 0 saturated carbocycles. The van der Waals surface area contributed by atoms with Gasteiger partial charge in [-0.1, -0.05) is 65.2 Å². The molecule has 0 aliphatic carbocycles. The molecule has 1 amide bonds. The van der Waals surface area contributed by atoms with Crippen molar-refractivity contribution in [2.24, 2.45) is 4.99 Å². The molecular formula is C34H31BrN2O3S. The Labute approximate surface area is 254 Å². The number of anilines is 1. The van der Waals surface area contributed by atoms with Crippen LogP contribution in [0.1, 0.15) is 34.7 Å². The molecule has 0 radical (unpaired) electrons. The van der Waals surface area contributed by atoms with E-state index >= 15 is 0 Å². The van der Waals surface area contributed by atoms with E-state index in [1.54, 1.807) is 4.90 Å². The molecule has 4 aromatic rings. The lowest BCUT2D eigenvalue weighted by atomic mass is 10.1. The molecule has 0 aromatic heterocycles. The Hall–Kier alpha value is -3.81. The summed E-state index contributed by atoms with van der Waals surface area (Å²) in [6.45, 7) is 8.96. The lowest BCUT2D eigenvalue weighted by molar-refractivity contribution is -0.113. The number of nitrogens with zero attached hydrogens (tertiary/aromatic N) is 2. The minimum atomic E-state index is -0.126. The topological polar surface area (TPSA) is 51.1 Å². The normalized spacial score (nSPS) is 15.1. The van der Waals surface area contributed by atoms with Crippen molar-refractivity contribution in [3.05, 3.63) is 122 Å². The van der Waals surface area contributed by atoms with Crippen LogP contribution in [0.3, 0.4) is 0 Å². The van der Waals surface area contributed by atoms with Gasteiger partial charge in [0.1, 0.15) is 6.61 Å². The molecule has 0 atom stereocenters. The third-order valence-electron chi connectivity index (χ3n) is 6.49. The molecule has 5 rings (SSSR count). The SMILES string of the molecule is CCOc1cc(/C=C2\SC(=Nc3ccc(C)cc3)N(c3ccc(C)cc3)C2=O)cc(Br)c1OCc1ccc(C)cc1. The molecule has 4 aromatic carbocycles. The molecule has 0 unspecified atom stereocenters. The molecule has 1 heterocycles. The van der Waals surface area contributed by atoms with Crippen LogP contribution in [0, 0.1) is 20.8 Å². The fraction of sp³-hybridized carbons (Fsp3) is 0.176. The van der Waals surface area contributed by atoms with Gasteiger partial charge in [0, 0.05) is 0 Å². The minimum absolute atomic E-state index is 0.126. The molecule has 1 fully saturated rings. The Morgan fingerprint density at radius 2 is 1.46 bits per heavy atom. The van der Waals surface area contributed by atoms with E-state index in [-0.39, 0.29) is 5.91 Å². The molecule has 7 heteroatoms. The van der Waals surface area contributed by atoms with Crippen LogP contribution in [0.2, 0.25) is 0 Å². The number of carbonyl (C=O) groups is 1. The van der Waals surface area contributed by atoms with Crippen molar-refractivity contribution in [3.8, 4) is 11.5 Å². The number of amidine groups is 1. The summed E-state index contributed by atoms with van der Waals surface area (Å²) in [5, 5.41) is 0.608. The summed E-state index contributed by atoms with van der Waals surface area (Å²) in [7, 11) is 0. The number of thioether (sulfide) groups is 1. The van der Waals surface area contributed by atoms with Gasteiger partial charge >= 0.3 is 0 Å². The first kappa shape index (κ1) is 28.7. The number of amides is 1. The number of benzene rings is 4. The zero-order chi connectivity index (χ0) is 28.9. The van der Waals surface area contributed by atoms with Crippen LogP contribution in [0.5, 0.6) is 11.5 Å². The van der Waals surface area contributed by atoms with E-state index in [4.69, 9.17) is 14.5 Å². The highest BCUT2D eigenvalue weighted by molar-refractivity contribution is 9.10. The fourth-order valence-electron chi connectivity index (χ4n) is 4.27. The number of carbonyl (C=O) groups excluding carboxylic acids is 1. The molecule has 1 saturated heterocycles. The van der Waals surface area contributed by atoms with E-state index in [1.807, 2.05) is 87.5 Å². The Morgan fingerprint density at radius 1 is 0.854 bits per heavy atom. The maximum atomic E-state index is 13.8. The molecular weight excluding hydrogens is 596 g/mol. The van der Waals surface area contributed by atoms with Crippen LogP contribution in [0.4, 0.5) is 11.4 Å². The fourth-order valence-corrected chi connectivity index (χ4v) is 5.84. The van der Waals surface area contributed by atoms with Gasteiger partial charge in [-0.25, -0.2) is 4.99 Å². The van der Waals surface area contributed by atoms with E-state index in [2.05, 4.69) is 47.1 Å². The standard InChI is InChI=1S/C34H31BrN2O3S/c1-5-39-30-19-26(18-29(35)32(30)40-21-25-12-6-22(2)7-13-25)20-31-33(38)37(28-16-10-24(4)11-17-28)34(41-31)36-27-14-8-23(3)9-15-27/h6-20H,5,21H2,1-4H3/b31-20-,36-34?. The third-order valence-corrected chi connectivity index (χ3v) is 8.05. The Balaban J connectivity index is 1.48. The van der Waals surface area contributed by atoms with E-state index in [0.29, 0.717) is 34.8 Å². The maximum Gasteiger partial charge on any atom is 0.271 e. The van der Waals surface area contributed by atoms with Gasteiger partial charge in [-0.05, 0) is 109 Å². The number of hydrogen-bond donors (Lipinski definition) is 0. The van der Waals surface area contributed by atoms with Crippen LogP contribution >= 0.6 is 27.7 Å². The highest BCUT2D eigenvalue weighted by Gasteiger charge is 2.35. The van der Waals surface area contributed by atoms with E-state index in [0.717, 1.165) is 38.1 Å². The van der Waals surface area contributed by atoms with E-state index in [1.165, 1.54) is 17.3 Å². The first-order valence-electron chi connectivity index (χ1n) is 13.4. The van der Waals surface area contributed by atoms with Crippen molar-refractivity contribution in [3.63, 3.8) is 0 Å². The molecule has 0 spiro atoms. The minimum Gasteiger partial charge on any atom is -0.490 e. The second kappa shape index (κ2) is 12.8. The highest BCUT2D eigenvalue weighted by Crippen LogP contribution is 2.41. The Bertz CT molecular complexity index is 1610. The van der Waals surface area contributed by atoms with Crippen molar-refractivity contribution in [1.82, 2.24) is 0 Å². The number of rotatable bonds is 8. The van der Waals surface area contributed by atoms with Gasteiger partial charge in [0.05, 0.1) is 27.4 Å². The van der Waals surface area contributed by atoms with Gasteiger partial charge in [0.15, 0.2) is 16.7 Å². The zero-order valence-electron chi connectivity index (χ0n) is 23.5. The molecule has 208 valence electrons. The second-order valence-corrected chi connectivity index (χ2v) is 11.7. The zero-order valence-corrected chi connectivity index (χ0v) is 25.9. The summed E-state index contributed by atoms with van der Waals surface area (Å²) < 4.78 is 12.9. The first-order valence-corrected chi connectivity index (χ1v) is 15.0. The van der Waals surface area contributed by atoms with Crippen molar-refractivity contribution in [1.29, 1.82) is 0 Å². The smallest absolute Gasteiger partial charge is 0.271 e. The summed E-state index contributed by atoms with van der Waals surface area (Å²) in [4.78, 5) is 20.9. The summed E-state index contributed by atoms with van der Waals surface area (Å²) in [5.74, 6) is 1.11. The van der Waals surface area contributed by atoms with E-state index in [9.17, 15) is 4.79 Å². The number of hydrogen-bond acceptors (Lipinski definition) is 5. The van der Waals surface area contributed by atoms with Gasteiger partial charge in [0.25, 0.3) is 5.91 Å².